The highest BCUT2D eigenvalue weighted by Gasteiger charge is 2.46. The van der Waals surface area contributed by atoms with E-state index in [-0.39, 0.29) is 23.4 Å². The second-order valence-electron chi connectivity index (χ2n) is 9.57. The van der Waals surface area contributed by atoms with Crippen molar-refractivity contribution in [3.63, 3.8) is 0 Å². The maximum Gasteiger partial charge on any atom is 0.295 e. The lowest BCUT2D eigenvalue weighted by molar-refractivity contribution is -0.139. The van der Waals surface area contributed by atoms with Crippen LogP contribution in [0.2, 0.25) is 0 Å². The normalized spacial score (nSPS) is 16.2. The van der Waals surface area contributed by atoms with Gasteiger partial charge in [-0.25, -0.2) is 9.37 Å². The Kier molecular flexibility index (Phi) is 8.43. The van der Waals surface area contributed by atoms with Crippen LogP contribution >= 0.6 is 0 Å². The number of halogens is 1. The van der Waals surface area contributed by atoms with Crippen molar-refractivity contribution in [2.75, 3.05) is 13.2 Å². The van der Waals surface area contributed by atoms with E-state index in [9.17, 15) is 19.1 Å². The van der Waals surface area contributed by atoms with Crippen LogP contribution < -0.4 is 9.47 Å². The van der Waals surface area contributed by atoms with E-state index in [4.69, 9.17) is 9.47 Å². The minimum absolute atomic E-state index is 0.0651. The number of hydrogen-bond donors (Lipinski definition) is 1. The Balaban J connectivity index is 1.52. The summed E-state index contributed by atoms with van der Waals surface area (Å²) in [5, 5.41) is 11.3. The zero-order valence-electron chi connectivity index (χ0n) is 22.6. The molecule has 9 heteroatoms. The van der Waals surface area contributed by atoms with E-state index in [1.165, 1.54) is 29.2 Å². The fourth-order valence-corrected chi connectivity index (χ4v) is 4.88. The third-order valence-corrected chi connectivity index (χ3v) is 6.85. The number of rotatable bonds is 11. The largest absolute Gasteiger partial charge is 0.507 e. The molecule has 0 aliphatic carbocycles. The fraction of sp³-hybridized carbons (Fsp3) is 0.219. The van der Waals surface area contributed by atoms with E-state index < -0.39 is 23.5 Å². The molecule has 1 amide bonds. The molecule has 3 aromatic carbocycles. The Bertz CT molecular complexity index is 1540. The van der Waals surface area contributed by atoms with Crippen LogP contribution in [0.25, 0.3) is 5.76 Å². The molecule has 2 heterocycles. The van der Waals surface area contributed by atoms with E-state index in [1.807, 2.05) is 48.0 Å². The molecule has 0 bridgehead atoms. The van der Waals surface area contributed by atoms with Crippen molar-refractivity contribution >= 4 is 17.4 Å². The number of Topliss-reactive ketones (excluding diaryl/α,β-unsaturated/α-hetero) is 1. The Morgan fingerprint density at radius 3 is 2.46 bits per heavy atom. The van der Waals surface area contributed by atoms with E-state index in [2.05, 4.69) is 4.98 Å². The van der Waals surface area contributed by atoms with Crippen LogP contribution in [-0.2, 0) is 22.7 Å². The maximum absolute atomic E-state index is 13.6. The standard InChI is InChI=1S/C32H30FN3O5/c1-2-40-27-19-24(11-14-26(27)41-20-22-7-4-3-5-8-22)29-28(30(37)23-9-12-25(33)13-10-23)31(38)32(39)36(29)17-6-16-35-18-15-34-21-35/h3-5,7-15,18-19,21,29,37H,2,6,16-17,20H2,1H3/b30-28+. The number of aromatic nitrogens is 2. The molecule has 1 aliphatic rings. The van der Waals surface area contributed by atoms with Crippen molar-refractivity contribution in [3.8, 4) is 11.5 Å². The number of aliphatic hydroxyl groups excluding tert-OH is 1. The molecule has 1 aromatic heterocycles. The summed E-state index contributed by atoms with van der Waals surface area (Å²) in [5.41, 5.74) is 1.74. The molecule has 0 radical (unpaired) electrons. The molecule has 1 aliphatic heterocycles. The first-order chi connectivity index (χ1) is 20.0. The van der Waals surface area contributed by atoms with Crippen LogP contribution in [0.5, 0.6) is 11.5 Å². The topological polar surface area (TPSA) is 93.9 Å². The van der Waals surface area contributed by atoms with Crippen LogP contribution in [-0.4, -0.2) is 44.4 Å². The number of amides is 1. The van der Waals surface area contributed by atoms with Gasteiger partial charge in [-0.15, -0.1) is 0 Å². The summed E-state index contributed by atoms with van der Waals surface area (Å²) < 4.78 is 27.4. The maximum atomic E-state index is 13.6. The first-order valence-corrected chi connectivity index (χ1v) is 13.4. The molecular weight excluding hydrogens is 525 g/mol. The van der Waals surface area contributed by atoms with Gasteiger partial charge < -0.3 is 24.0 Å². The summed E-state index contributed by atoms with van der Waals surface area (Å²) in [4.78, 5) is 32.2. The van der Waals surface area contributed by atoms with Crippen LogP contribution in [0, 0.1) is 5.82 Å². The van der Waals surface area contributed by atoms with Crippen LogP contribution in [0.1, 0.15) is 36.1 Å². The van der Waals surface area contributed by atoms with Gasteiger partial charge in [0.05, 0.1) is 24.5 Å². The van der Waals surface area contributed by atoms with E-state index in [0.717, 1.165) is 5.56 Å². The third kappa shape index (κ3) is 6.14. The lowest BCUT2D eigenvalue weighted by Gasteiger charge is -2.26. The summed E-state index contributed by atoms with van der Waals surface area (Å²) in [7, 11) is 0. The summed E-state index contributed by atoms with van der Waals surface area (Å²) >= 11 is 0. The second-order valence-corrected chi connectivity index (χ2v) is 9.57. The number of likely N-dealkylation sites (tertiary alicyclic amines) is 1. The van der Waals surface area contributed by atoms with Gasteiger partial charge in [0.25, 0.3) is 11.7 Å². The highest BCUT2D eigenvalue weighted by atomic mass is 19.1. The number of nitrogens with zero attached hydrogens (tertiary/aromatic N) is 3. The number of carbonyl (C=O) groups is 2. The molecule has 5 rings (SSSR count). The van der Waals surface area contributed by atoms with Gasteiger partial charge in [0.1, 0.15) is 18.2 Å². The second kappa shape index (κ2) is 12.5. The summed E-state index contributed by atoms with van der Waals surface area (Å²) in [6.45, 7) is 3.39. The zero-order chi connectivity index (χ0) is 28.8. The molecule has 41 heavy (non-hydrogen) atoms. The van der Waals surface area contributed by atoms with Crippen LogP contribution in [0.4, 0.5) is 4.39 Å². The van der Waals surface area contributed by atoms with Gasteiger partial charge >= 0.3 is 0 Å². The molecule has 8 nitrogen and oxygen atoms in total. The average Bonchev–Trinajstić information content (AvgIpc) is 3.59. The number of carbonyl (C=O) groups excluding carboxylic acids is 2. The number of hydrogen-bond acceptors (Lipinski definition) is 6. The molecule has 1 unspecified atom stereocenters. The van der Waals surface area contributed by atoms with Crippen molar-refractivity contribution in [3.05, 3.63) is 120 Å². The fourth-order valence-electron chi connectivity index (χ4n) is 4.88. The van der Waals surface area contributed by atoms with Gasteiger partial charge in [-0.3, -0.25) is 9.59 Å². The molecule has 0 saturated carbocycles. The van der Waals surface area contributed by atoms with Crippen LogP contribution in [0.3, 0.4) is 0 Å². The van der Waals surface area contributed by atoms with Gasteiger partial charge in [0, 0.05) is 31.0 Å². The van der Waals surface area contributed by atoms with Gasteiger partial charge in [-0.2, -0.15) is 0 Å². The van der Waals surface area contributed by atoms with Crippen molar-refractivity contribution in [1.82, 2.24) is 14.5 Å². The van der Waals surface area contributed by atoms with Crippen molar-refractivity contribution < 1.29 is 28.6 Å². The number of aliphatic hydroxyl groups is 1. The SMILES string of the molecule is CCOc1cc(C2/C(=C(\O)c3ccc(F)cc3)C(=O)C(=O)N2CCCn2ccnc2)ccc1OCc1ccccc1. The molecule has 4 aromatic rings. The number of benzene rings is 3. The molecule has 1 saturated heterocycles. The highest BCUT2D eigenvalue weighted by molar-refractivity contribution is 6.46. The molecule has 1 fully saturated rings. The summed E-state index contributed by atoms with van der Waals surface area (Å²) in [5.74, 6) is -1.41. The first-order valence-electron chi connectivity index (χ1n) is 13.4. The minimum atomic E-state index is -0.884. The highest BCUT2D eigenvalue weighted by Crippen LogP contribution is 2.42. The third-order valence-electron chi connectivity index (χ3n) is 6.85. The molecular formula is C32H30FN3O5. The smallest absolute Gasteiger partial charge is 0.295 e. The predicted molar refractivity (Wildman–Crippen MR) is 151 cm³/mol. The monoisotopic (exact) mass is 555 g/mol. The summed E-state index contributed by atoms with van der Waals surface area (Å²) in [6.07, 6.45) is 5.73. The number of ether oxygens (including phenoxy) is 2. The lowest BCUT2D eigenvalue weighted by atomic mass is 9.95. The van der Waals surface area contributed by atoms with Crippen molar-refractivity contribution in [2.45, 2.75) is 32.5 Å². The average molecular weight is 556 g/mol. The molecule has 0 spiro atoms. The quantitative estimate of drug-likeness (QED) is 0.149. The van der Waals surface area contributed by atoms with Crippen molar-refractivity contribution in [1.29, 1.82) is 0 Å². The van der Waals surface area contributed by atoms with Crippen molar-refractivity contribution in [2.24, 2.45) is 0 Å². The van der Waals surface area contributed by atoms with Gasteiger partial charge in [-0.1, -0.05) is 36.4 Å². The zero-order valence-corrected chi connectivity index (χ0v) is 22.6. The van der Waals surface area contributed by atoms with Gasteiger partial charge in [-0.05, 0) is 60.9 Å². The Hall–Kier alpha value is -4.92. The van der Waals surface area contributed by atoms with Crippen LogP contribution in [0.15, 0.2) is 97.1 Å². The molecule has 1 N–H and O–H groups in total. The Morgan fingerprint density at radius 2 is 1.76 bits per heavy atom. The predicted octanol–water partition coefficient (Wildman–Crippen LogP) is 5.51. The first kappa shape index (κ1) is 27.6. The number of ketones is 1. The Morgan fingerprint density at radius 1 is 0.976 bits per heavy atom. The van der Waals surface area contributed by atoms with E-state index >= 15 is 0 Å². The Labute approximate surface area is 237 Å². The number of aryl methyl sites for hydroxylation is 1. The molecule has 210 valence electrons. The minimum Gasteiger partial charge on any atom is -0.507 e. The van der Waals surface area contributed by atoms with E-state index in [1.54, 1.807) is 30.7 Å². The molecule has 1 atom stereocenters. The van der Waals surface area contributed by atoms with Gasteiger partial charge in [0.15, 0.2) is 11.5 Å². The lowest BCUT2D eigenvalue weighted by Crippen LogP contribution is -2.31. The number of imidazole rings is 1. The van der Waals surface area contributed by atoms with E-state index in [0.29, 0.717) is 43.2 Å². The summed E-state index contributed by atoms with van der Waals surface area (Å²) in [6, 6.07) is 19.2. The van der Waals surface area contributed by atoms with Gasteiger partial charge in [0.2, 0.25) is 0 Å².